The van der Waals surface area contributed by atoms with Crippen molar-refractivity contribution in [2.75, 3.05) is 25.5 Å². The molecule has 0 aromatic heterocycles. The lowest BCUT2D eigenvalue weighted by Gasteiger charge is -2.29. The second-order valence-electron chi connectivity index (χ2n) is 17.7. The quantitative estimate of drug-likeness (QED) is 0.155. The van der Waals surface area contributed by atoms with Gasteiger partial charge in [-0.15, -0.1) is 0 Å². The van der Waals surface area contributed by atoms with E-state index in [1.807, 2.05) is 0 Å². The third-order valence-electron chi connectivity index (χ3n) is 13.6. The first kappa shape index (κ1) is 43.7. The van der Waals surface area contributed by atoms with Crippen LogP contribution in [0.2, 0.25) is 0 Å². The van der Waals surface area contributed by atoms with Gasteiger partial charge in [0.05, 0.1) is 13.2 Å². The van der Waals surface area contributed by atoms with Crippen LogP contribution in [-0.2, 0) is 0 Å². The zero-order valence-corrected chi connectivity index (χ0v) is 40.6. The van der Waals surface area contributed by atoms with Gasteiger partial charge in [-0.05, 0) is 104 Å². The summed E-state index contributed by atoms with van der Waals surface area (Å²) in [6, 6.07) is 93.1. The van der Waals surface area contributed by atoms with Crippen LogP contribution in [0.4, 0.5) is 0 Å². The van der Waals surface area contributed by atoms with Crippen LogP contribution < -0.4 is 30.7 Å². The van der Waals surface area contributed by atoms with Crippen LogP contribution in [-0.4, -0.2) is 25.5 Å². The molecule has 0 saturated carbocycles. The molecule has 2 unspecified atom stereocenters. The van der Waals surface area contributed by atoms with Crippen LogP contribution in [0.5, 0.6) is 11.5 Å². The molecule has 1 aliphatic rings. The van der Waals surface area contributed by atoms with E-state index in [4.69, 9.17) is 9.47 Å². The maximum atomic E-state index is 7.60. The summed E-state index contributed by atoms with van der Waals surface area (Å²) in [7, 11) is -1.62. The Balaban J connectivity index is 1.13. The molecule has 0 fully saturated rings. The zero-order valence-electron chi connectivity index (χ0n) is 38.8. The van der Waals surface area contributed by atoms with Crippen LogP contribution in [0.25, 0.3) is 77.2 Å². The summed E-state index contributed by atoms with van der Waals surface area (Å²) in [6.45, 7) is 1.04. The van der Waals surface area contributed by atoms with Crippen molar-refractivity contribution in [1.29, 1.82) is 0 Å². The SMILES string of the molecule is c1ccc(-c2ccc(-c3cc4ccccc4c4c3OCCP(c3ccccc3)c3ccccc3P(c3ccccc3)CCOc3c(-c5ccc(-c6ccccc6)cc5)cc5ccccc5c3-4)cc2)cc1. The summed E-state index contributed by atoms with van der Waals surface area (Å²) in [5.41, 5.74) is 11.2. The fourth-order valence-electron chi connectivity index (χ4n) is 10.2. The lowest BCUT2D eigenvalue weighted by molar-refractivity contribution is 0.341. The topological polar surface area (TPSA) is 18.5 Å². The molecule has 2 nitrogen and oxygen atoms in total. The number of rotatable bonds is 6. The first-order chi connectivity index (χ1) is 34.7. The molecule has 0 N–H and O–H groups in total. The summed E-state index contributed by atoms with van der Waals surface area (Å²) in [4.78, 5) is 0. The van der Waals surface area contributed by atoms with Gasteiger partial charge in [-0.3, -0.25) is 0 Å². The van der Waals surface area contributed by atoms with Gasteiger partial charge in [-0.2, -0.15) is 0 Å². The molecule has 1 aliphatic heterocycles. The van der Waals surface area contributed by atoms with Gasteiger partial charge in [0.15, 0.2) is 0 Å². The molecule has 12 rings (SSSR count). The molecule has 4 heteroatoms. The molecule has 0 aliphatic carbocycles. The van der Waals surface area contributed by atoms with Gasteiger partial charge in [0.25, 0.3) is 0 Å². The summed E-state index contributed by atoms with van der Waals surface area (Å²) >= 11 is 0. The Labute approximate surface area is 413 Å². The number of ether oxygens (including phenoxy) is 2. The van der Waals surface area contributed by atoms with Gasteiger partial charge in [0.2, 0.25) is 0 Å². The molecule has 0 amide bonds. The molecule has 336 valence electrons. The molecule has 0 bridgehead atoms. The van der Waals surface area contributed by atoms with E-state index in [9.17, 15) is 0 Å². The molecule has 0 saturated heterocycles. The van der Waals surface area contributed by atoms with Crippen molar-refractivity contribution in [2.24, 2.45) is 0 Å². The molecule has 11 aromatic rings. The smallest absolute Gasteiger partial charge is 0.135 e. The highest BCUT2D eigenvalue weighted by Gasteiger charge is 2.29. The number of fused-ring (bicyclic) bond motifs is 8. The fraction of sp³-hybridized carbons (Fsp3) is 0.0606. The van der Waals surface area contributed by atoms with E-state index in [1.165, 1.54) is 43.5 Å². The molecular weight excluding hydrogens is 887 g/mol. The van der Waals surface area contributed by atoms with Crippen LogP contribution in [0, 0.1) is 0 Å². The van der Waals surface area contributed by atoms with E-state index in [0.717, 1.165) is 78.7 Å². The molecular formula is C66H50O2P2. The average Bonchev–Trinajstić information content (AvgIpc) is 3.44. The second-order valence-corrected chi connectivity index (χ2v) is 22.3. The number of benzene rings is 11. The lowest BCUT2D eigenvalue weighted by Crippen LogP contribution is -2.31. The van der Waals surface area contributed by atoms with Gasteiger partial charge >= 0.3 is 0 Å². The molecule has 2 atom stereocenters. The van der Waals surface area contributed by atoms with Crippen molar-refractivity contribution in [3.8, 4) is 67.1 Å². The predicted molar refractivity (Wildman–Crippen MR) is 301 cm³/mol. The largest absolute Gasteiger partial charge is 0.492 e. The van der Waals surface area contributed by atoms with Crippen LogP contribution >= 0.6 is 15.8 Å². The highest BCUT2D eigenvalue weighted by molar-refractivity contribution is 7.79. The Morgan fingerprint density at radius 1 is 0.286 bits per heavy atom. The maximum absolute atomic E-state index is 7.60. The Kier molecular flexibility index (Phi) is 12.3. The Hall–Kier alpha value is -7.60. The van der Waals surface area contributed by atoms with E-state index in [2.05, 4.69) is 255 Å². The summed E-state index contributed by atoms with van der Waals surface area (Å²) in [6.07, 6.45) is 1.70. The molecule has 0 radical (unpaired) electrons. The maximum Gasteiger partial charge on any atom is 0.135 e. The van der Waals surface area contributed by atoms with Crippen LogP contribution in [0.15, 0.2) is 255 Å². The van der Waals surface area contributed by atoms with Crippen molar-refractivity contribution in [3.05, 3.63) is 255 Å². The van der Waals surface area contributed by atoms with Gasteiger partial charge in [0.1, 0.15) is 11.5 Å². The first-order valence-corrected chi connectivity index (χ1v) is 27.2. The lowest BCUT2D eigenvalue weighted by atomic mass is 9.86. The van der Waals surface area contributed by atoms with Gasteiger partial charge in [0, 0.05) is 34.6 Å². The van der Waals surface area contributed by atoms with Crippen molar-refractivity contribution in [3.63, 3.8) is 0 Å². The van der Waals surface area contributed by atoms with Crippen molar-refractivity contribution < 1.29 is 9.47 Å². The second kappa shape index (κ2) is 19.8. The minimum Gasteiger partial charge on any atom is -0.492 e. The monoisotopic (exact) mass is 936 g/mol. The third kappa shape index (κ3) is 8.60. The van der Waals surface area contributed by atoms with E-state index < -0.39 is 15.8 Å². The minimum absolute atomic E-state index is 0.521. The molecule has 70 heavy (non-hydrogen) atoms. The fourth-order valence-corrected chi connectivity index (χ4v) is 15.3. The predicted octanol–water partition coefficient (Wildman–Crippen LogP) is 15.7. The summed E-state index contributed by atoms with van der Waals surface area (Å²) in [5.74, 6) is 1.75. The summed E-state index contributed by atoms with van der Waals surface area (Å²) in [5, 5.41) is 10.1. The van der Waals surface area contributed by atoms with Crippen molar-refractivity contribution >= 4 is 58.6 Å². The standard InChI is InChI=1S/C66H50O2P2/c1-5-19-47(20-6-1)49-33-37-51(38-34-49)59-45-53-23-13-15-29-57(53)63-64-58-30-16-14-24-54(58)46-60(52-39-35-50(36-40-52)48-21-7-2-8-22-48)66(64)68-42-44-70(56-27-11-4-12-28-56)62-32-18-17-31-61(62)69(43-41-67-65(59)63)55-25-9-3-10-26-55/h1-40,45-46H,41-44H2. The average molecular weight is 937 g/mol. The third-order valence-corrected chi connectivity index (χ3v) is 18.8. The summed E-state index contributed by atoms with van der Waals surface area (Å²) < 4.78 is 15.2. The zero-order chi connectivity index (χ0) is 46.6. The normalized spacial score (nSPS) is 14.9. The number of hydrogen-bond donors (Lipinski definition) is 0. The number of hydrogen-bond acceptors (Lipinski definition) is 2. The van der Waals surface area contributed by atoms with E-state index in [1.54, 1.807) is 0 Å². The van der Waals surface area contributed by atoms with Gasteiger partial charge in [-0.25, -0.2) is 0 Å². The van der Waals surface area contributed by atoms with Gasteiger partial charge < -0.3 is 9.47 Å². The Morgan fingerprint density at radius 3 is 1.00 bits per heavy atom. The molecule has 0 spiro atoms. The Morgan fingerprint density at radius 2 is 0.600 bits per heavy atom. The first-order valence-electron chi connectivity index (χ1n) is 24.2. The highest BCUT2D eigenvalue weighted by Crippen LogP contribution is 2.53. The molecule has 1 heterocycles. The van der Waals surface area contributed by atoms with E-state index in [0.29, 0.717) is 13.2 Å². The molecule has 11 aromatic carbocycles. The Bertz CT molecular complexity index is 3340. The van der Waals surface area contributed by atoms with E-state index in [-0.39, 0.29) is 0 Å². The van der Waals surface area contributed by atoms with Crippen LogP contribution in [0.1, 0.15) is 0 Å². The van der Waals surface area contributed by atoms with E-state index >= 15 is 0 Å². The van der Waals surface area contributed by atoms with Crippen LogP contribution in [0.3, 0.4) is 0 Å². The minimum atomic E-state index is -0.812. The highest BCUT2D eigenvalue weighted by atomic mass is 31.1. The van der Waals surface area contributed by atoms with Crippen molar-refractivity contribution in [2.45, 2.75) is 0 Å². The van der Waals surface area contributed by atoms with Crippen molar-refractivity contribution in [1.82, 2.24) is 0 Å². The van der Waals surface area contributed by atoms with Gasteiger partial charge in [-0.1, -0.05) is 243 Å².